The van der Waals surface area contributed by atoms with Crippen molar-refractivity contribution in [1.82, 2.24) is 15.1 Å². The number of carbonyl (C=O) groups is 1. The Bertz CT molecular complexity index is 763. The third kappa shape index (κ3) is 4.58. The number of hydrogen-bond donors (Lipinski definition) is 1. The molecule has 0 aliphatic carbocycles. The minimum absolute atomic E-state index is 0.0813. The topological polar surface area (TPSA) is 57.3 Å². The fourth-order valence-electron chi connectivity index (χ4n) is 4.88. The Morgan fingerprint density at radius 1 is 1.27 bits per heavy atom. The number of nitrogens with zero attached hydrogens (tertiary/aromatic N) is 3. The summed E-state index contributed by atoms with van der Waals surface area (Å²) >= 11 is 0. The van der Waals surface area contributed by atoms with Crippen molar-refractivity contribution in [3.05, 3.63) is 29.3 Å². The molecule has 0 spiro atoms. The van der Waals surface area contributed by atoms with Crippen molar-refractivity contribution in [2.45, 2.75) is 51.4 Å². The number of likely N-dealkylation sites (N-methyl/N-ethyl adjacent to an activating group) is 1. The molecule has 4 rings (SSSR count). The van der Waals surface area contributed by atoms with E-state index in [0.717, 1.165) is 52.4 Å². The summed E-state index contributed by atoms with van der Waals surface area (Å²) in [4.78, 5) is 19.9. The first-order valence-corrected chi connectivity index (χ1v) is 11.2. The van der Waals surface area contributed by atoms with E-state index in [2.05, 4.69) is 33.3 Å². The molecule has 7 heteroatoms. The summed E-state index contributed by atoms with van der Waals surface area (Å²) in [6.07, 6.45) is 0.610. The molecule has 166 valence electrons. The molecule has 1 N–H and O–H groups in total. The number of carbonyl (C=O) groups excluding carboxylic acids is 1. The number of benzene rings is 1. The van der Waals surface area contributed by atoms with Gasteiger partial charge in [-0.1, -0.05) is 12.1 Å². The van der Waals surface area contributed by atoms with Crippen molar-refractivity contribution < 1.29 is 14.3 Å². The van der Waals surface area contributed by atoms with Crippen LogP contribution in [-0.4, -0.2) is 86.6 Å². The first-order chi connectivity index (χ1) is 14.4. The summed E-state index contributed by atoms with van der Waals surface area (Å²) in [7, 11) is 1.94. The molecular weight excluding hydrogens is 380 g/mol. The normalized spacial score (nSPS) is 24.9. The van der Waals surface area contributed by atoms with Crippen molar-refractivity contribution in [3.8, 4) is 0 Å². The summed E-state index contributed by atoms with van der Waals surface area (Å²) < 4.78 is 11.4. The number of piperazine rings is 1. The summed E-state index contributed by atoms with van der Waals surface area (Å²) in [5, 5.41) is 3.27. The zero-order chi connectivity index (χ0) is 21.3. The van der Waals surface area contributed by atoms with E-state index >= 15 is 0 Å². The van der Waals surface area contributed by atoms with E-state index in [0.29, 0.717) is 12.6 Å². The molecule has 2 saturated heterocycles. The monoisotopic (exact) mass is 416 g/mol. The lowest BCUT2D eigenvalue weighted by molar-refractivity contribution is -0.0117. The van der Waals surface area contributed by atoms with Crippen LogP contribution in [0.15, 0.2) is 18.2 Å². The van der Waals surface area contributed by atoms with E-state index in [1.807, 2.05) is 32.7 Å². The van der Waals surface area contributed by atoms with E-state index in [1.54, 1.807) is 0 Å². The zero-order valence-corrected chi connectivity index (χ0v) is 18.8. The van der Waals surface area contributed by atoms with E-state index in [9.17, 15) is 4.79 Å². The van der Waals surface area contributed by atoms with E-state index in [4.69, 9.17) is 9.47 Å². The maximum Gasteiger partial charge on any atom is 0.410 e. The lowest BCUT2D eigenvalue weighted by Crippen LogP contribution is -2.58. The minimum Gasteiger partial charge on any atom is -0.444 e. The predicted octanol–water partition coefficient (Wildman–Crippen LogP) is 2.09. The average molecular weight is 417 g/mol. The van der Waals surface area contributed by atoms with Gasteiger partial charge in [-0.25, -0.2) is 4.79 Å². The first-order valence-electron chi connectivity index (χ1n) is 11.2. The summed E-state index contributed by atoms with van der Waals surface area (Å²) in [6, 6.07) is 7.09. The molecular formula is C23H36N4O3. The molecule has 0 radical (unpaired) electrons. The largest absolute Gasteiger partial charge is 0.444 e. The highest BCUT2D eigenvalue weighted by Crippen LogP contribution is 2.33. The number of anilines is 1. The predicted molar refractivity (Wildman–Crippen MR) is 118 cm³/mol. The Labute approximate surface area is 180 Å². The van der Waals surface area contributed by atoms with Crippen molar-refractivity contribution in [2.75, 3.05) is 57.9 Å². The number of amides is 1. The van der Waals surface area contributed by atoms with Gasteiger partial charge in [0, 0.05) is 45.0 Å². The van der Waals surface area contributed by atoms with Gasteiger partial charge in [-0.3, -0.25) is 9.80 Å². The van der Waals surface area contributed by atoms with Crippen LogP contribution >= 0.6 is 0 Å². The number of nitrogens with one attached hydrogen (secondary N) is 1. The van der Waals surface area contributed by atoms with Gasteiger partial charge in [0.2, 0.25) is 0 Å². The molecule has 0 saturated carbocycles. The van der Waals surface area contributed by atoms with Crippen LogP contribution < -0.4 is 10.2 Å². The molecule has 1 amide bonds. The fourth-order valence-corrected chi connectivity index (χ4v) is 4.88. The molecule has 0 aromatic heterocycles. The van der Waals surface area contributed by atoms with Gasteiger partial charge in [0.05, 0.1) is 25.3 Å². The molecule has 3 aliphatic heterocycles. The van der Waals surface area contributed by atoms with Gasteiger partial charge >= 0.3 is 6.09 Å². The Morgan fingerprint density at radius 3 is 2.87 bits per heavy atom. The van der Waals surface area contributed by atoms with Gasteiger partial charge in [0.15, 0.2) is 0 Å². The van der Waals surface area contributed by atoms with Crippen molar-refractivity contribution in [2.24, 2.45) is 0 Å². The second-order valence-electron chi connectivity index (χ2n) is 9.65. The maximum absolute atomic E-state index is 12.9. The fraction of sp³-hybridized carbons (Fsp3) is 0.696. The van der Waals surface area contributed by atoms with Crippen LogP contribution in [-0.2, 0) is 22.4 Å². The van der Waals surface area contributed by atoms with Crippen LogP contribution in [0, 0.1) is 0 Å². The standard InChI is InChI=1S/C23H36N4O3/c1-23(2,3)30-22(28)27-14-17-6-5-7-21(20(17)12-18(27)13-24-4)26-9-8-25-10-11-29-16-19(25)15-26/h5-7,18-19,24H,8-16H2,1-4H3. The average Bonchev–Trinajstić information content (AvgIpc) is 2.71. The van der Waals surface area contributed by atoms with Crippen LogP contribution in [0.2, 0.25) is 0 Å². The number of hydrogen-bond acceptors (Lipinski definition) is 6. The second kappa shape index (κ2) is 8.73. The SMILES string of the molecule is CNCC1Cc2c(cccc2N2CCN3CCOCC3C2)CN1C(=O)OC(C)(C)C. The highest BCUT2D eigenvalue weighted by Gasteiger charge is 2.36. The molecule has 0 bridgehead atoms. The van der Waals surface area contributed by atoms with Gasteiger partial charge in [0.25, 0.3) is 0 Å². The minimum atomic E-state index is -0.495. The molecule has 30 heavy (non-hydrogen) atoms. The van der Waals surface area contributed by atoms with Crippen molar-refractivity contribution in [3.63, 3.8) is 0 Å². The quantitative estimate of drug-likeness (QED) is 0.814. The molecule has 7 nitrogen and oxygen atoms in total. The second-order valence-corrected chi connectivity index (χ2v) is 9.65. The van der Waals surface area contributed by atoms with Gasteiger partial charge in [0.1, 0.15) is 5.60 Å². The van der Waals surface area contributed by atoms with Gasteiger partial charge in [-0.05, 0) is 51.4 Å². The summed E-state index contributed by atoms with van der Waals surface area (Å²) in [5.41, 5.74) is 3.43. The summed E-state index contributed by atoms with van der Waals surface area (Å²) in [6.45, 7) is 12.9. The van der Waals surface area contributed by atoms with Crippen LogP contribution in [0.4, 0.5) is 10.5 Å². The first kappa shape index (κ1) is 21.4. The Morgan fingerprint density at radius 2 is 2.10 bits per heavy atom. The molecule has 1 aromatic rings. The Balaban J connectivity index is 1.57. The molecule has 2 unspecified atom stereocenters. The molecule has 2 atom stereocenters. The lowest BCUT2D eigenvalue weighted by Gasteiger charge is -2.46. The van der Waals surface area contributed by atoms with Crippen molar-refractivity contribution in [1.29, 1.82) is 0 Å². The van der Waals surface area contributed by atoms with Crippen LogP contribution in [0.25, 0.3) is 0 Å². The molecule has 2 fully saturated rings. The van der Waals surface area contributed by atoms with Gasteiger partial charge in [-0.2, -0.15) is 0 Å². The molecule has 3 aliphatic rings. The van der Waals surface area contributed by atoms with Gasteiger partial charge < -0.3 is 19.7 Å². The summed E-state index contributed by atoms with van der Waals surface area (Å²) in [5.74, 6) is 0. The Kier molecular flexibility index (Phi) is 6.23. The van der Waals surface area contributed by atoms with Crippen LogP contribution in [0.5, 0.6) is 0 Å². The zero-order valence-electron chi connectivity index (χ0n) is 18.8. The maximum atomic E-state index is 12.9. The smallest absolute Gasteiger partial charge is 0.410 e. The van der Waals surface area contributed by atoms with E-state index in [-0.39, 0.29) is 12.1 Å². The number of ether oxygens (including phenoxy) is 2. The van der Waals surface area contributed by atoms with Gasteiger partial charge in [-0.15, -0.1) is 0 Å². The number of rotatable bonds is 3. The van der Waals surface area contributed by atoms with Crippen molar-refractivity contribution >= 4 is 11.8 Å². The third-order valence-electron chi connectivity index (χ3n) is 6.32. The number of fused-ring (bicyclic) bond motifs is 2. The van der Waals surface area contributed by atoms with Crippen LogP contribution in [0.3, 0.4) is 0 Å². The van der Waals surface area contributed by atoms with E-state index < -0.39 is 5.60 Å². The third-order valence-corrected chi connectivity index (χ3v) is 6.32. The lowest BCUT2D eigenvalue weighted by atomic mass is 9.91. The number of morpholine rings is 1. The Hall–Kier alpha value is -1.83. The molecule has 3 heterocycles. The van der Waals surface area contributed by atoms with Crippen LogP contribution in [0.1, 0.15) is 31.9 Å². The van der Waals surface area contributed by atoms with E-state index in [1.165, 1.54) is 16.8 Å². The molecule has 1 aromatic carbocycles. The highest BCUT2D eigenvalue weighted by atomic mass is 16.6. The highest BCUT2D eigenvalue weighted by molar-refractivity contribution is 5.70.